The van der Waals surface area contributed by atoms with Crippen LogP contribution in [0.15, 0.2) is 24.5 Å². The van der Waals surface area contributed by atoms with Crippen LogP contribution in [0, 0.1) is 0 Å². The van der Waals surface area contributed by atoms with Gasteiger partial charge in [0.25, 0.3) is 0 Å². The Morgan fingerprint density at radius 2 is 1.96 bits per heavy atom. The summed E-state index contributed by atoms with van der Waals surface area (Å²) in [6, 6.07) is 3.85. The summed E-state index contributed by atoms with van der Waals surface area (Å²) < 4.78 is 5.42. The second-order valence-corrected chi connectivity index (χ2v) is 6.81. The maximum absolute atomic E-state index is 9.24. The molecule has 146 valence electrons. The molecule has 2 aromatic heterocycles. The Labute approximate surface area is 159 Å². The average molecular weight is 373 g/mol. The third-order valence-corrected chi connectivity index (χ3v) is 4.43. The third-order valence-electron chi connectivity index (χ3n) is 4.43. The van der Waals surface area contributed by atoms with E-state index in [2.05, 4.69) is 36.0 Å². The Morgan fingerprint density at radius 3 is 2.63 bits per heavy atom. The summed E-state index contributed by atoms with van der Waals surface area (Å²) >= 11 is 0. The number of nitrogens with one attached hydrogen (secondary N) is 3. The first-order valence-electron chi connectivity index (χ1n) is 9.13. The van der Waals surface area contributed by atoms with E-state index < -0.39 is 0 Å². The lowest BCUT2D eigenvalue weighted by Gasteiger charge is -2.31. The zero-order valence-corrected chi connectivity index (χ0v) is 15.9. The molecule has 0 radical (unpaired) electrons. The molecule has 27 heavy (non-hydrogen) atoms. The van der Waals surface area contributed by atoms with E-state index in [-0.39, 0.29) is 6.04 Å². The Balaban J connectivity index is 1.73. The molecule has 4 N–H and O–H groups in total. The molecule has 0 aliphatic carbocycles. The molecule has 3 heterocycles. The summed E-state index contributed by atoms with van der Waals surface area (Å²) in [7, 11) is 1.76. The van der Waals surface area contributed by atoms with Gasteiger partial charge in [-0.1, -0.05) is 0 Å². The van der Waals surface area contributed by atoms with Crippen molar-refractivity contribution in [1.29, 1.82) is 0 Å². The molecule has 3 rings (SSSR count). The summed E-state index contributed by atoms with van der Waals surface area (Å²) in [5, 5.41) is 15.7. The molecule has 0 atom stereocenters. The first kappa shape index (κ1) is 19.1. The highest BCUT2D eigenvalue weighted by Crippen LogP contribution is 2.26. The van der Waals surface area contributed by atoms with Crippen LogP contribution in [0.2, 0.25) is 0 Å². The van der Waals surface area contributed by atoms with E-state index in [1.54, 1.807) is 25.6 Å². The molecule has 0 amide bonds. The second kappa shape index (κ2) is 8.83. The lowest BCUT2D eigenvalue weighted by molar-refractivity contribution is 0.0816. The SMILES string of the molecule is COC1CCN(c2nccc(Nc3cc(NC(C)C)c(NO)cn3)n2)CC1. The fourth-order valence-electron chi connectivity index (χ4n) is 3.04. The van der Waals surface area contributed by atoms with Gasteiger partial charge in [0, 0.05) is 38.5 Å². The Morgan fingerprint density at radius 1 is 1.19 bits per heavy atom. The second-order valence-electron chi connectivity index (χ2n) is 6.81. The molecule has 9 heteroatoms. The summed E-state index contributed by atoms with van der Waals surface area (Å²) in [6.07, 6.45) is 5.56. The van der Waals surface area contributed by atoms with Crippen molar-refractivity contribution in [3.05, 3.63) is 24.5 Å². The lowest BCUT2D eigenvalue weighted by atomic mass is 10.1. The number of anilines is 5. The standard InChI is InChI=1S/C18H27N7O2/c1-12(2)21-14-10-17(20-11-15(14)24-26)22-16-4-7-19-18(23-16)25-8-5-13(27-3)6-9-25/h4,7,10-13,24,26H,5-6,8-9H2,1-3H3,(H2,19,20,21,22,23). The molecule has 0 unspecified atom stereocenters. The summed E-state index contributed by atoms with van der Waals surface area (Å²) in [5.74, 6) is 1.99. The number of hydrogen-bond acceptors (Lipinski definition) is 9. The van der Waals surface area contributed by atoms with Gasteiger partial charge >= 0.3 is 0 Å². The molecule has 0 spiro atoms. The fourth-order valence-corrected chi connectivity index (χ4v) is 3.04. The number of hydrogen-bond donors (Lipinski definition) is 4. The van der Waals surface area contributed by atoms with Gasteiger partial charge in [0.15, 0.2) is 0 Å². The summed E-state index contributed by atoms with van der Waals surface area (Å²) in [4.78, 5) is 15.5. The first-order valence-corrected chi connectivity index (χ1v) is 9.13. The molecule has 9 nitrogen and oxygen atoms in total. The number of ether oxygens (including phenoxy) is 1. The maximum atomic E-state index is 9.24. The quantitative estimate of drug-likeness (QED) is 0.545. The van der Waals surface area contributed by atoms with Gasteiger partial charge in [-0.15, -0.1) is 0 Å². The van der Waals surface area contributed by atoms with Crippen LogP contribution in [0.25, 0.3) is 0 Å². The van der Waals surface area contributed by atoms with Crippen molar-refractivity contribution in [2.75, 3.05) is 41.2 Å². The van der Waals surface area contributed by atoms with Crippen molar-refractivity contribution in [1.82, 2.24) is 15.0 Å². The molecule has 1 saturated heterocycles. The normalized spacial score (nSPS) is 15.1. The molecular weight excluding hydrogens is 346 g/mol. The van der Waals surface area contributed by atoms with E-state index >= 15 is 0 Å². The van der Waals surface area contributed by atoms with Gasteiger partial charge in [-0.05, 0) is 32.8 Å². The molecule has 0 bridgehead atoms. The van der Waals surface area contributed by atoms with E-state index in [0.29, 0.717) is 29.4 Å². The van der Waals surface area contributed by atoms with E-state index in [1.807, 2.05) is 19.9 Å². The highest BCUT2D eigenvalue weighted by molar-refractivity contribution is 5.72. The van der Waals surface area contributed by atoms with Gasteiger partial charge in [0.05, 0.1) is 18.0 Å². The van der Waals surface area contributed by atoms with Crippen LogP contribution in [0.4, 0.5) is 29.0 Å². The van der Waals surface area contributed by atoms with Crippen LogP contribution in [0.3, 0.4) is 0 Å². The summed E-state index contributed by atoms with van der Waals surface area (Å²) in [6.45, 7) is 5.80. The topological polar surface area (TPSA) is 107 Å². The monoisotopic (exact) mass is 373 g/mol. The number of piperidine rings is 1. The first-order chi connectivity index (χ1) is 13.1. The van der Waals surface area contributed by atoms with Crippen LogP contribution in [-0.2, 0) is 4.74 Å². The van der Waals surface area contributed by atoms with Gasteiger partial charge in [-0.3, -0.25) is 10.7 Å². The van der Waals surface area contributed by atoms with Gasteiger partial charge < -0.3 is 20.3 Å². The highest BCUT2D eigenvalue weighted by Gasteiger charge is 2.20. The molecule has 1 aliphatic heterocycles. The van der Waals surface area contributed by atoms with E-state index in [4.69, 9.17) is 4.74 Å². The zero-order valence-electron chi connectivity index (χ0n) is 15.9. The van der Waals surface area contributed by atoms with Crippen molar-refractivity contribution < 1.29 is 9.94 Å². The van der Waals surface area contributed by atoms with Crippen molar-refractivity contribution >= 4 is 29.0 Å². The Bertz CT molecular complexity index is 748. The van der Waals surface area contributed by atoms with Crippen LogP contribution < -0.4 is 21.0 Å². The molecule has 2 aromatic rings. The molecule has 0 aromatic carbocycles. The van der Waals surface area contributed by atoms with E-state index in [9.17, 15) is 5.21 Å². The number of nitrogens with zero attached hydrogens (tertiary/aromatic N) is 4. The average Bonchev–Trinajstić information content (AvgIpc) is 2.68. The van der Waals surface area contributed by atoms with Crippen molar-refractivity contribution in [2.24, 2.45) is 0 Å². The largest absolute Gasteiger partial charge is 0.381 e. The smallest absolute Gasteiger partial charge is 0.227 e. The van der Waals surface area contributed by atoms with Crippen LogP contribution in [-0.4, -0.2) is 52.5 Å². The number of rotatable bonds is 7. The minimum atomic E-state index is 0.216. The van der Waals surface area contributed by atoms with Crippen LogP contribution >= 0.6 is 0 Å². The van der Waals surface area contributed by atoms with E-state index in [0.717, 1.165) is 31.6 Å². The maximum Gasteiger partial charge on any atom is 0.227 e. The Hall–Kier alpha value is -2.65. The van der Waals surface area contributed by atoms with Gasteiger partial charge in [-0.25, -0.2) is 9.97 Å². The number of pyridine rings is 1. The lowest BCUT2D eigenvalue weighted by Crippen LogP contribution is -2.37. The van der Waals surface area contributed by atoms with Gasteiger partial charge in [0.1, 0.15) is 17.3 Å². The van der Waals surface area contributed by atoms with Crippen molar-refractivity contribution in [3.8, 4) is 0 Å². The van der Waals surface area contributed by atoms with E-state index in [1.165, 1.54) is 0 Å². The number of aromatic nitrogens is 3. The van der Waals surface area contributed by atoms with Crippen molar-refractivity contribution in [2.45, 2.75) is 38.8 Å². The molecule has 1 fully saturated rings. The predicted molar refractivity (Wildman–Crippen MR) is 106 cm³/mol. The Kier molecular flexibility index (Phi) is 6.25. The molecular formula is C18H27N7O2. The highest BCUT2D eigenvalue weighted by atomic mass is 16.5. The molecule has 1 aliphatic rings. The van der Waals surface area contributed by atoms with Crippen LogP contribution in [0.5, 0.6) is 0 Å². The zero-order chi connectivity index (χ0) is 19.2. The number of methoxy groups -OCH3 is 1. The molecule has 0 saturated carbocycles. The minimum absolute atomic E-state index is 0.216. The van der Waals surface area contributed by atoms with Gasteiger partial charge in [-0.2, -0.15) is 4.98 Å². The van der Waals surface area contributed by atoms with Crippen molar-refractivity contribution in [3.63, 3.8) is 0 Å². The fraction of sp³-hybridized carbons (Fsp3) is 0.500. The van der Waals surface area contributed by atoms with Crippen LogP contribution in [0.1, 0.15) is 26.7 Å². The summed E-state index contributed by atoms with van der Waals surface area (Å²) in [5.41, 5.74) is 3.42. The minimum Gasteiger partial charge on any atom is -0.381 e. The van der Waals surface area contributed by atoms with Gasteiger partial charge in [0.2, 0.25) is 5.95 Å². The third kappa shape index (κ3) is 4.95. The predicted octanol–water partition coefficient (Wildman–Crippen LogP) is 2.85.